The van der Waals surface area contributed by atoms with Gasteiger partial charge in [0.15, 0.2) is 0 Å². The van der Waals surface area contributed by atoms with Crippen LogP contribution in [0, 0.1) is 0 Å². The second kappa shape index (κ2) is 6.74. The maximum Gasteiger partial charge on any atom is 0.263 e. The molecule has 1 aromatic rings. The lowest BCUT2D eigenvalue weighted by atomic mass is 9.99. The number of allylic oxidation sites excluding steroid dienone is 2. The lowest BCUT2D eigenvalue weighted by Crippen LogP contribution is -2.17. The summed E-state index contributed by atoms with van der Waals surface area (Å²) < 4.78 is 0.461. The quantitative estimate of drug-likeness (QED) is 0.497. The average molecular weight is 317 g/mol. The maximum absolute atomic E-state index is 11.7. The zero-order valence-corrected chi connectivity index (χ0v) is 13.0. The van der Waals surface area contributed by atoms with Crippen LogP contribution < -0.4 is 5.32 Å². The summed E-state index contributed by atoms with van der Waals surface area (Å²) in [6.07, 6.45) is 6.36. The van der Waals surface area contributed by atoms with Crippen LogP contribution in [0.3, 0.4) is 0 Å². The second-order valence-electron chi connectivity index (χ2n) is 4.53. The Bertz CT molecular complexity index is 631. The van der Waals surface area contributed by atoms with Gasteiger partial charge in [-0.2, -0.15) is 0 Å². The topological polar surface area (TPSA) is 49.3 Å². The number of aromatic hydroxyl groups is 1. The fourth-order valence-corrected chi connectivity index (χ4v) is 3.11. The molecule has 1 aliphatic rings. The summed E-state index contributed by atoms with van der Waals surface area (Å²) in [6.45, 7) is 7.39. The lowest BCUT2D eigenvalue weighted by Gasteiger charge is -2.09. The van der Waals surface area contributed by atoms with Gasteiger partial charge in [0.1, 0.15) is 10.1 Å². The van der Waals surface area contributed by atoms with E-state index in [1.165, 1.54) is 11.8 Å². The fraction of sp³-hybridized carbons (Fsp3) is 0.125. The first-order valence-corrected chi connectivity index (χ1v) is 7.59. The van der Waals surface area contributed by atoms with E-state index in [1.807, 2.05) is 12.1 Å². The third-order valence-corrected chi connectivity index (χ3v) is 4.12. The smallest absolute Gasteiger partial charge is 0.263 e. The average Bonchev–Trinajstić information content (AvgIpc) is 2.74. The van der Waals surface area contributed by atoms with Gasteiger partial charge in [-0.25, -0.2) is 0 Å². The van der Waals surface area contributed by atoms with E-state index < -0.39 is 0 Å². The number of thioether (sulfide) groups is 1. The number of hydrogen-bond acceptors (Lipinski definition) is 4. The summed E-state index contributed by atoms with van der Waals surface area (Å²) in [7, 11) is 0. The number of phenols is 1. The van der Waals surface area contributed by atoms with Crippen molar-refractivity contribution in [1.82, 2.24) is 5.32 Å². The Kier molecular flexibility index (Phi) is 4.98. The molecule has 5 heteroatoms. The van der Waals surface area contributed by atoms with Crippen LogP contribution in [0.2, 0.25) is 0 Å². The Morgan fingerprint density at radius 3 is 2.24 bits per heavy atom. The zero-order chi connectivity index (χ0) is 15.4. The molecule has 1 heterocycles. The number of thiocarbonyl (C=S) groups is 1. The molecule has 3 nitrogen and oxygen atoms in total. The highest BCUT2D eigenvalue weighted by atomic mass is 32.2. The monoisotopic (exact) mass is 317 g/mol. The standard InChI is InChI=1S/C16H15NO2S2/c1-3-5-11-7-10(8-12(6-4-2)14(11)18)9-13-15(19)17-16(20)21-13/h3-4,7-9,18H,1-2,5-6H2,(H,17,19,20)/b13-9-. The summed E-state index contributed by atoms with van der Waals surface area (Å²) >= 11 is 6.21. The van der Waals surface area contributed by atoms with Gasteiger partial charge in [0.25, 0.3) is 5.91 Å². The Morgan fingerprint density at radius 1 is 1.24 bits per heavy atom. The van der Waals surface area contributed by atoms with Gasteiger partial charge in [0, 0.05) is 0 Å². The number of rotatable bonds is 5. The molecule has 1 fully saturated rings. The summed E-state index contributed by atoms with van der Waals surface area (Å²) in [4.78, 5) is 12.3. The maximum atomic E-state index is 11.7. The van der Waals surface area contributed by atoms with Crippen LogP contribution in [0.25, 0.3) is 6.08 Å². The second-order valence-corrected chi connectivity index (χ2v) is 6.24. The molecule has 108 valence electrons. The lowest BCUT2D eigenvalue weighted by molar-refractivity contribution is -0.115. The Labute approximate surface area is 133 Å². The van der Waals surface area contributed by atoms with E-state index in [0.29, 0.717) is 22.1 Å². The van der Waals surface area contributed by atoms with Gasteiger partial charge in [-0.15, -0.1) is 13.2 Å². The van der Waals surface area contributed by atoms with Crippen LogP contribution in [-0.2, 0) is 17.6 Å². The highest BCUT2D eigenvalue weighted by molar-refractivity contribution is 8.26. The van der Waals surface area contributed by atoms with Crippen molar-refractivity contribution >= 4 is 40.3 Å². The molecule has 0 atom stereocenters. The van der Waals surface area contributed by atoms with Crippen LogP contribution in [0.4, 0.5) is 0 Å². The molecule has 0 bridgehead atoms. The first-order valence-electron chi connectivity index (χ1n) is 6.36. The van der Waals surface area contributed by atoms with Crippen LogP contribution in [0.1, 0.15) is 16.7 Å². The summed E-state index contributed by atoms with van der Waals surface area (Å²) in [5.74, 6) is 0.0737. The van der Waals surface area contributed by atoms with Gasteiger partial charge >= 0.3 is 0 Å². The third-order valence-electron chi connectivity index (χ3n) is 2.96. The number of phenolic OH excluding ortho intramolecular Hbond substituents is 1. The molecule has 0 aromatic heterocycles. The highest BCUT2D eigenvalue weighted by Gasteiger charge is 2.22. The molecule has 1 amide bonds. The molecule has 1 aliphatic heterocycles. The number of carbonyl (C=O) groups is 1. The minimum atomic E-state index is -0.186. The summed E-state index contributed by atoms with van der Waals surface area (Å²) in [5.41, 5.74) is 2.41. The molecule has 0 unspecified atom stereocenters. The van der Waals surface area contributed by atoms with Crippen molar-refractivity contribution in [1.29, 1.82) is 0 Å². The first kappa shape index (κ1) is 15.5. The highest BCUT2D eigenvalue weighted by Crippen LogP contribution is 2.30. The van der Waals surface area contributed by atoms with Crippen molar-refractivity contribution < 1.29 is 9.90 Å². The molecule has 2 rings (SSSR count). The number of hydrogen-bond donors (Lipinski definition) is 2. The first-order chi connectivity index (χ1) is 10.0. The zero-order valence-electron chi connectivity index (χ0n) is 11.4. The molecule has 1 saturated heterocycles. The van der Waals surface area contributed by atoms with Crippen molar-refractivity contribution in [3.63, 3.8) is 0 Å². The van der Waals surface area contributed by atoms with Gasteiger partial charge in [-0.3, -0.25) is 4.79 Å². The predicted molar refractivity (Wildman–Crippen MR) is 92.2 cm³/mol. The molecule has 0 saturated carbocycles. The van der Waals surface area contributed by atoms with Crippen molar-refractivity contribution in [2.24, 2.45) is 0 Å². The molecule has 21 heavy (non-hydrogen) atoms. The normalized spacial score (nSPS) is 16.1. The van der Waals surface area contributed by atoms with Gasteiger partial charge in [0.05, 0.1) is 4.91 Å². The van der Waals surface area contributed by atoms with E-state index in [-0.39, 0.29) is 11.7 Å². The van der Waals surface area contributed by atoms with Crippen molar-refractivity contribution in [2.45, 2.75) is 12.8 Å². The predicted octanol–water partition coefficient (Wildman–Crippen LogP) is 3.34. The van der Waals surface area contributed by atoms with E-state index in [2.05, 4.69) is 18.5 Å². The van der Waals surface area contributed by atoms with Gasteiger partial charge in [0.2, 0.25) is 0 Å². The van der Waals surface area contributed by atoms with Gasteiger partial charge in [-0.1, -0.05) is 36.1 Å². The van der Waals surface area contributed by atoms with Crippen molar-refractivity contribution in [2.75, 3.05) is 0 Å². The van der Waals surface area contributed by atoms with E-state index >= 15 is 0 Å². The molecular formula is C16H15NO2S2. The SMILES string of the molecule is C=CCc1cc(/C=C2\SC(=S)NC2=O)cc(CC=C)c1O. The summed E-state index contributed by atoms with van der Waals surface area (Å²) in [5, 5.41) is 12.8. The molecule has 2 N–H and O–H groups in total. The molecule has 0 radical (unpaired) electrons. The minimum Gasteiger partial charge on any atom is -0.507 e. The number of carbonyl (C=O) groups excluding carboxylic acids is 1. The van der Waals surface area contributed by atoms with E-state index in [1.54, 1.807) is 18.2 Å². The Balaban J connectivity index is 2.45. The van der Waals surface area contributed by atoms with Crippen LogP contribution in [0.5, 0.6) is 5.75 Å². The van der Waals surface area contributed by atoms with Gasteiger partial charge < -0.3 is 10.4 Å². The molecular weight excluding hydrogens is 302 g/mol. The number of benzene rings is 1. The van der Waals surface area contributed by atoms with Crippen LogP contribution in [0.15, 0.2) is 42.3 Å². The number of nitrogens with one attached hydrogen (secondary N) is 1. The molecule has 1 aromatic carbocycles. The Morgan fingerprint density at radius 2 is 1.81 bits per heavy atom. The van der Waals surface area contributed by atoms with Crippen molar-refractivity contribution in [3.8, 4) is 5.75 Å². The van der Waals surface area contributed by atoms with Crippen molar-refractivity contribution in [3.05, 3.63) is 59.0 Å². The largest absolute Gasteiger partial charge is 0.507 e. The van der Waals surface area contributed by atoms with E-state index in [9.17, 15) is 9.90 Å². The third kappa shape index (κ3) is 3.62. The fourth-order valence-electron chi connectivity index (χ4n) is 2.06. The Hall–Kier alpha value is -1.85. The number of amides is 1. The van der Waals surface area contributed by atoms with E-state index in [0.717, 1.165) is 16.7 Å². The van der Waals surface area contributed by atoms with Gasteiger partial charge in [-0.05, 0) is 47.7 Å². The molecule has 0 aliphatic carbocycles. The van der Waals surface area contributed by atoms with E-state index in [4.69, 9.17) is 12.2 Å². The molecule has 0 spiro atoms. The minimum absolute atomic E-state index is 0.186. The van der Waals surface area contributed by atoms with Crippen LogP contribution in [-0.4, -0.2) is 15.3 Å². The van der Waals surface area contributed by atoms with Crippen LogP contribution >= 0.6 is 24.0 Å². The summed E-state index contributed by atoms with van der Waals surface area (Å²) in [6, 6.07) is 3.71.